The van der Waals surface area contributed by atoms with Crippen LogP contribution < -0.4 is 5.32 Å². The average Bonchev–Trinajstić information content (AvgIpc) is 2.73. The molecular formula is C14H27N3OS. The SMILES string of the molecule is CCc1nn(C)c(CC)c1CNC(C)C(CO)SC. The lowest BCUT2D eigenvalue weighted by molar-refractivity contribution is 0.275. The highest BCUT2D eigenvalue weighted by Gasteiger charge is 2.18. The third-order valence-electron chi connectivity index (χ3n) is 3.67. The lowest BCUT2D eigenvalue weighted by atomic mass is 10.1. The van der Waals surface area contributed by atoms with Gasteiger partial charge in [-0.15, -0.1) is 0 Å². The van der Waals surface area contributed by atoms with Crippen LogP contribution in [0.4, 0.5) is 0 Å². The molecule has 2 N–H and O–H groups in total. The maximum absolute atomic E-state index is 9.32. The van der Waals surface area contributed by atoms with Crippen molar-refractivity contribution in [2.24, 2.45) is 7.05 Å². The van der Waals surface area contributed by atoms with Gasteiger partial charge >= 0.3 is 0 Å². The first-order valence-corrected chi connectivity index (χ1v) is 8.28. The van der Waals surface area contributed by atoms with Crippen LogP contribution in [-0.2, 0) is 26.4 Å². The fourth-order valence-corrected chi connectivity index (χ4v) is 3.08. The zero-order valence-electron chi connectivity index (χ0n) is 12.7. The first-order valence-electron chi connectivity index (χ1n) is 6.99. The summed E-state index contributed by atoms with van der Waals surface area (Å²) < 4.78 is 2.00. The summed E-state index contributed by atoms with van der Waals surface area (Å²) in [6, 6.07) is 0.287. The Labute approximate surface area is 121 Å². The first kappa shape index (κ1) is 16.5. The van der Waals surface area contributed by atoms with Crippen LogP contribution >= 0.6 is 11.8 Å². The number of hydrogen-bond donors (Lipinski definition) is 2. The fraction of sp³-hybridized carbons (Fsp3) is 0.786. The van der Waals surface area contributed by atoms with E-state index in [4.69, 9.17) is 0 Å². The molecule has 0 aliphatic carbocycles. The van der Waals surface area contributed by atoms with Crippen LogP contribution in [0.1, 0.15) is 37.7 Å². The van der Waals surface area contributed by atoms with Gasteiger partial charge in [-0.3, -0.25) is 4.68 Å². The molecule has 1 aromatic rings. The van der Waals surface area contributed by atoms with Gasteiger partial charge in [-0.05, 0) is 26.0 Å². The predicted octanol–water partition coefficient (Wildman–Crippen LogP) is 1.75. The molecule has 0 spiro atoms. The first-order chi connectivity index (χ1) is 9.08. The molecule has 2 atom stereocenters. The molecule has 110 valence electrons. The van der Waals surface area contributed by atoms with Crippen molar-refractivity contribution in [2.45, 2.75) is 51.4 Å². The van der Waals surface area contributed by atoms with Crippen LogP contribution in [0.5, 0.6) is 0 Å². The summed E-state index contributed by atoms with van der Waals surface area (Å²) in [4.78, 5) is 0. The minimum atomic E-state index is 0.212. The second kappa shape index (κ2) is 7.92. The largest absolute Gasteiger partial charge is 0.395 e. The molecule has 0 radical (unpaired) electrons. The Morgan fingerprint density at radius 2 is 2.05 bits per heavy atom. The fourth-order valence-electron chi connectivity index (χ4n) is 2.43. The molecule has 1 aromatic heterocycles. The van der Waals surface area contributed by atoms with E-state index in [1.165, 1.54) is 17.0 Å². The molecule has 19 heavy (non-hydrogen) atoms. The van der Waals surface area contributed by atoms with Gasteiger partial charge in [-0.25, -0.2) is 0 Å². The predicted molar refractivity (Wildman–Crippen MR) is 82.7 cm³/mol. The van der Waals surface area contributed by atoms with Crippen LogP contribution in [0, 0.1) is 0 Å². The van der Waals surface area contributed by atoms with E-state index in [1.807, 2.05) is 18.0 Å². The van der Waals surface area contributed by atoms with E-state index >= 15 is 0 Å². The maximum atomic E-state index is 9.32. The van der Waals surface area contributed by atoms with Crippen LogP contribution in [0.3, 0.4) is 0 Å². The number of rotatable bonds is 8. The summed E-state index contributed by atoms with van der Waals surface area (Å²) in [6.45, 7) is 7.49. The molecule has 0 amide bonds. The summed E-state index contributed by atoms with van der Waals surface area (Å²) in [6.07, 6.45) is 4.00. The van der Waals surface area contributed by atoms with Crippen molar-refractivity contribution in [3.05, 3.63) is 17.0 Å². The Morgan fingerprint density at radius 3 is 2.53 bits per heavy atom. The summed E-state index contributed by atoms with van der Waals surface area (Å²) >= 11 is 1.70. The van der Waals surface area contributed by atoms with E-state index in [1.54, 1.807) is 11.8 Å². The molecule has 1 rings (SSSR count). The lowest BCUT2D eigenvalue weighted by Gasteiger charge is -2.21. The van der Waals surface area contributed by atoms with Crippen LogP contribution in [0.2, 0.25) is 0 Å². The van der Waals surface area contributed by atoms with Crippen molar-refractivity contribution >= 4 is 11.8 Å². The van der Waals surface area contributed by atoms with Gasteiger partial charge in [0.1, 0.15) is 0 Å². The standard InChI is InChI=1S/C14H27N3OS/c1-6-12-11(13(7-2)17(4)16-12)8-15-10(3)14(9-18)19-5/h10,14-15,18H,6-9H2,1-5H3. The minimum Gasteiger partial charge on any atom is -0.395 e. The number of thioether (sulfide) groups is 1. The molecule has 0 aliphatic heterocycles. The number of aliphatic hydroxyl groups excluding tert-OH is 1. The van der Waals surface area contributed by atoms with Crippen molar-refractivity contribution in [1.29, 1.82) is 0 Å². The lowest BCUT2D eigenvalue weighted by Crippen LogP contribution is -2.37. The van der Waals surface area contributed by atoms with Gasteiger partial charge in [0.15, 0.2) is 0 Å². The van der Waals surface area contributed by atoms with Crippen LogP contribution in [0.25, 0.3) is 0 Å². The third-order valence-corrected chi connectivity index (χ3v) is 4.83. The Morgan fingerprint density at radius 1 is 1.37 bits per heavy atom. The number of nitrogens with zero attached hydrogens (tertiary/aromatic N) is 2. The van der Waals surface area contributed by atoms with Crippen molar-refractivity contribution in [1.82, 2.24) is 15.1 Å². The molecule has 4 nitrogen and oxygen atoms in total. The normalized spacial score (nSPS) is 14.6. The van der Waals surface area contributed by atoms with Gasteiger partial charge in [0, 0.05) is 36.1 Å². The molecule has 0 aliphatic rings. The molecular weight excluding hydrogens is 258 g/mol. The monoisotopic (exact) mass is 285 g/mol. The molecule has 0 fully saturated rings. The molecule has 0 bridgehead atoms. The molecule has 2 unspecified atom stereocenters. The number of aliphatic hydroxyl groups is 1. The Hall–Kier alpha value is -0.520. The van der Waals surface area contributed by atoms with Gasteiger partial charge < -0.3 is 10.4 Å². The summed E-state index contributed by atoms with van der Waals surface area (Å²) in [5.74, 6) is 0. The smallest absolute Gasteiger partial charge is 0.0669 e. The second-order valence-corrected chi connectivity index (χ2v) is 5.91. The highest BCUT2D eigenvalue weighted by Crippen LogP contribution is 2.17. The average molecular weight is 285 g/mol. The van der Waals surface area contributed by atoms with Gasteiger partial charge in [0.05, 0.1) is 12.3 Å². The molecule has 1 heterocycles. The number of aryl methyl sites for hydroxylation is 2. The van der Waals surface area contributed by atoms with E-state index in [2.05, 4.69) is 31.2 Å². The number of hydrogen-bond acceptors (Lipinski definition) is 4. The van der Waals surface area contributed by atoms with Crippen molar-refractivity contribution in [3.63, 3.8) is 0 Å². The zero-order valence-corrected chi connectivity index (χ0v) is 13.5. The van der Waals surface area contributed by atoms with E-state index in [0.29, 0.717) is 0 Å². The van der Waals surface area contributed by atoms with E-state index in [-0.39, 0.29) is 17.9 Å². The topological polar surface area (TPSA) is 50.1 Å². The van der Waals surface area contributed by atoms with Gasteiger partial charge in [-0.2, -0.15) is 16.9 Å². The Kier molecular flexibility index (Phi) is 6.89. The highest BCUT2D eigenvalue weighted by molar-refractivity contribution is 7.99. The zero-order chi connectivity index (χ0) is 14.4. The van der Waals surface area contributed by atoms with E-state index in [9.17, 15) is 5.11 Å². The minimum absolute atomic E-state index is 0.212. The Balaban J connectivity index is 2.76. The van der Waals surface area contributed by atoms with Crippen molar-refractivity contribution in [3.8, 4) is 0 Å². The van der Waals surface area contributed by atoms with Crippen molar-refractivity contribution in [2.75, 3.05) is 12.9 Å². The number of nitrogens with one attached hydrogen (secondary N) is 1. The molecule has 5 heteroatoms. The third kappa shape index (κ3) is 3.97. The maximum Gasteiger partial charge on any atom is 0.0669 e. The van der Waals surface area contributed by atoms with Gasteiger partial charge in [-0.1, -0.05) is 13.8 Å². The highest BCUT2D eigenvalue weighted by atomic mass is 32.2. The second-order valence-electron chi connectivity index (χ2n) is 4.83. The van der Waals surface area contributed by atoms with Gasteiger partial charge in [0.25, 0.3) is 0 Å². The Bertz CT molecular complexity index is 388. The molecule has 0 aromatic carbocycles. The van der Waals surface area contributed by atoms with Gasteiger partial charge in [0.2, 0.25) is 0 Å². The molecule has 0 saturated heterocycles. The van der Waals surface area contributed by atoms with Crippen LogP contribution in [-0.4, -0.2) is 39.0 Å². The summed E-state index contributed by atoms with van der Waals surface area (Å²) in [7, 11) is 2.02. The summed E-state index contributed by atoms with van der Waals surface area (Å²) in [5, 5.41) is 17.7. The van der Waals surface area contributed by atoms with E-state index < -0.39 is 0 Å². The quantitative estimate of drug-likeness (QED) is 0.764. The van der Waals surface area contributed by atoms with Crippen molar-refractivity contribution < 1.29 is 5.11 Å². The van der Waals surface area contributed by atoms with Crippen LogP contribution in [0.15, 0.2) is 0 Å². The summed E-state index contributed by atoms with van der Waals surface area (Å²) in [5.41, 5.74) is 3.82. The molecule has 0 saturated carbocycles. The van der Waals surface area contributed by atoms with E-state index in [0.717, 1.165) is 19.4 Å². The number of aromatic nitrogens is 2.